The number of halogens is 5. The van der Waals surface area contributed by atoms with Crippen molar-refractivity contribution in [1.82, 2.24) is 9.97 Å². The summed E-state index contributed by atoms with van der Waals surface area (Å²) in [6.45, 7) is -1.45. The molecule has 0 radical (unpaired) electrons. The van der Waals surface area contributed by atoms with Crippen LogP contribution in [0, 0.1) is 0 Å². The van der Waals surface area contributed by atoms with Crippen LogP contribution in [0.5, 0.6) is 5.75 Å². The maximum absolute atomic E-state index is 12.5. The van der Waals surface area contributed by atoms with E-state index < -0.39 is 12.8 Å². The molecule has 1 heterocycles. The van der Waals surface area contributed by atoms with E-state index in [4.69, 9.17) is 33.7 Å². The van der Waals surface area contributed by atoms with E-state index >= 15 is 0 Å². The molecular formula is C18H13Cl2F3N4O. The zero-order valence-electron chi connectivity index (χ0n) is 14.1. The minimum atomic E-state index is -4.48. The highest BCUT2D eigenvalue weighted by atomic mass is 35.5. The van der Waals surface area contributed by atoms with Crippen LogP contribution in [0.3, 0.4) is 0 Å². The Morgan fingerprint density at radius 2 is 1.64 bits per heavy atom. The van der Waals surface area contributed by atoms with Crippen LogP contribution in [0.15, 0.2) is 48.5 Å². The zero-order chi connectivity index (χ0) is 20.3. The molecule has 0 aliphatic heterocycles. The van der Waals surface area contributed by atoms with Gasteiger partial charge in [0.1, 0.15) is 11.6 Å². The third kappa shape index (κ3) is 5.40. The van der Waals surface area contributed by atoms with Gasteiger partial charge in [-0.25, -0.2) is 4.98 Å². The molecule has 2 aromatic carbocycles. The fourth-order valence-corrected chi connectivity index (χ4v) is 2.63. The van der Waals surface area contributed by atoms with Crippen molar-refractivity contribution in [2.24, 2.45) is 0 Å². The summed E-state index contributed by atoms with van der Waals surface area (Å²) in [6.07, 6.45) is -4.48. The molecule has 0 atom stereocenters. The first-order valence-corrected chi connectivity index (χ1v) is 8.62. The Kier molecular flexibility index (Phi) is 5.81. The number of nitrogens with zero attached hydrogens (tertiary/aromatic N) is 2. The minimum Gasteiger partial charge on any atom is -0.483 e. The van der Waals surface area contributed by atoms with Gasteiger partial charge in [-0.3, -0.25) is 0 Å². The molecule has 3 rings (SSSR count). The number of benzene rings is 2. The molecule has 0 aliphatic rings. The van der Waals surface area contributed by atoms with Crippen LogP contribution in [0.4, 0.5) is 30.6 Å². The van der Waals surface area contributed by atoms with Crippen molar-refractivity contribution >= 4 is 40.7 Å². The van der Waals surface area contributed by atoms with E-state index in [0.29, 0.717) is 21.6 Å². The van der Waals surface area contributed by atoms with Crippen LogP contribution in [-0.2, 0) is 0 Å². The Morgan fingerprint density at radius 3 is 2.32 bits per heavy atom. The van der Waals surface area contributed by atoms with Gasteiger partial charge in [0.25, 0.3) is 0 Å². The fourth-order valence-electron chi connectivity index (χ4n) is 2.34. The van der Waals surface area contributed by atoms with E-state index in [1.165, 1.54) is 24.3 Å². The summed E-state index contributed by atoms with van der Waals surface area (Å²) in [5, 5.41) is 3.90. The second-order valence-electron chi connectivity index (χ2n) is 5.67. The molecule has 0 amide bonds. The monoisotopic (exact) mass is 428 g/mol. The molecule has 0 spiro atoms. The summed E-state index contributed by atoms with van der Waals surface area (Å²) >= 11 is 11.9. The molecule has 3 N–H and O–H groups in total. The molecule has 0 bridgehead atoms. The Balaban J connectivity index is 1.95. The number of alkyl halides is 3. The molecule has 5 nitrogen and oxygen atoms in total. The van der Waals surface area contributed by atoms with Gasteiger partial charge in [0.15, 0.2) is 6.61 Å². The summed E-state index contributed by atoms with van der Waals surface area (Å²) < 4.78 is 42.5. The van der Waals surface area contributed by atoms with E-state index in [9.17, 15) is 13.2 Å². The molecule has 0 unspecified atom stereocenters. The first kappa shape index (κ1) is 20.0. The molecule has 10 heteroatoms. The maximum Gasteiger partial charge on any atom is 0.422 e. The first-order valence-electron chi connectivity index (χ1n) is 7.86. The van der Waals surface area contributed by atoms with Crippen molar-refractivity contribution < 1.29 is 17.9 Å². The largest absolute Gasteiger partial charge is 0.483 e. The molecule has 0 aliphatic carbocycles. The predicted molar refractivity (Wildman–Crippen MR) is 103 cm³/mol. The molecule has 0 fully saturated rings. The van der Waals surface area contributed by atoms with E-state index in [1.807, 2.05) is 0 Å². The summed E-state index contributed by atoms with van der Waals surface area (Å²) in [6, 6.07) is 12.6. The first-order chi connectivity index (χ1) is 13.2. The normalized spacial score (nSPS) is 11.3. The number of anilines is 3. The van der Waals surface area contributed by atoms with Crippen LogP contribution >= 0.6 is 23.2 Å². The quantitative estimate of drug-likeness (QED) is 0.543. The van der Waals surface area contributed by atoms with Gasteiger partial charge in [-0.15, -0.1) is 0 Å². The van der Waals surface area contributed by atoms with Gasteiger partial charge in [0, 0.05) is 27.4 Å². The number of rotatable bonds is 5. The topological polar surface area (TPSA) is 73.1 Å². The van der Waals surface area contributed by atoms with Crippen LogP contribution in [0.1, 0.15) is 0 Å². The Morgan fingerprint density at radius 1 is 0.964 bits per heavy atom. The second kappa shape index (κ2) is 8.12. The van der Waals surface area contributed by atoms with E-state index in [1.54, 1.807) is 24.3 Å². The molecule has 0 saturated heterocycles. The third-order valence-electron chi connectivity index (χ3n) is 3.47. The number of hydrogen-bond donors (Lipinski definition) is 2. The number of ether oxygens (including phenoxy) is 1. The molecular weight excluding hydrogens is 416 g/mol. The van der Waals surface area contributed by atoms with Gasteiger partial charge >= 0.3 is 6.18 Å². The Bertz CT molecular complexity index is 982. The van der Waals surface area contributed by atoms with Crippen molar-refractivity contribution in [1.29, 1.82) is 0 Å². The van der Waals surface area contributed by atoms with Gasteiger partial charge in [-0.2, -0.15) is 18.2 Å². The van der Waals surface area contributed by atoms with E-state index in [2.05, 4.69) is 15.3 Å². The van der Waals surface area contributed by atoms with Gasteiger partial charge in [-0.05, 0) is 42.5 Å². The lowest BCUT2D eigenvalue weighted by Crippen LogP contribution is -2.19. The van der Waals surface area contributed by atoms with Crippen molar-refractivity contribution in [2.75, 3.05) is 17.7 Å². The SMILES string of the molecule is Nc1nc(Nc2ccc(Cl)cc2)cc(-c2cc(Cl)ccc2OCC(F)(F)F)n1. The number of hydrogen-bond acceptors (Lipinski definition) is 5. The maximum atomic E-state index is 12.5. The van der Waals surface area contributed by atoms with Crippen LogP contribution < -0.4 is 15.8 Å². The van der Waals surface area contributed by atoms with Crippen LogP contribution in [0.2, 0.25) is 10.0 Å². The fraction of sp³-hybridized carbons (Fsp3) is 0.111. The summed E-state index contributed by atoms with van der Waals surface area (Å²) in [5.74, 6) is 0.236. The lowest BCUT2D eigenvalue weighted by atomic mass is 10.1. The predicted octanol–water partition coefficient (Wildman–Crippen LogP) is 5.72. The van der Waals surface area contributed by atoms with Gasteiger partial charge in [0.05, 0.1) is 5.69 Å². The molecule has 0 saturated carbocycles. The number of nitrogen functional groups attached to an aromatic ring is 1. The van der Waals surface area contributed by atoms with E-state index in [-0.39, 0.29) is 23.0 Å². The highest BCUT2D eigenvalue weighted by Crippen LogP contribution is 2.34. The molecule has 3 aromatic rings. The van der Waals surface area contributed by atoms with Crippen LogP contribution in [-0.4, -0.2) is 22.8 Å². The lowest BCUT2D eigenvalue weighted by Gasteiger charge is -2.14. The number of aromatic nitrogens is 2. The van der Waals surface area contributed by atoms with Crippen molar-refractivity contribution in [3.05, 3.63) is 58.6 Å². The zero-order valence-corrected chi connectivity index (χ0v) is 15.6. The highest BCUT2D eigenvalue weighted by molar-refractivity contribution is 6.31. The molecule has 28 heavy (non-hydrogen) atoms. The molecule has 146 valence electrons. The standard InChI is InChI=1S/C18H13Cl2F3N4O/c19-10-1-4-12(5-2-10)25-16-8-14(26-17(24)27-16)13-7-11(20)3-6-15(13)28-9-18(21,22)23/h1-8H,9H2,(H3,24,25,26,27). The Hall–Kier alpha value is -2.71. The highest BCUT2D eigenvalue weighted by Gasteiger charge is 2.29. The second-order valence-corrected chi connectivity index (χ2v) is 6.55. The number of nitrogens with one attached hydrogen (secondary N) is 1. The average molecular weight is 429 g/mol. The van der Waals surface area contributed by atoms with E-state index in [0.717, 1.165) is 0 Å². The lowest BCUT2D eigenvalue weighted by molar-refractivity contribution is -0.153. The summed E-state index contributed by atoms with van der Waals surface area (Å²) in [5.41, 5.74) is 6.96. The number of nitrogens with two attached hydrogens (primary N) is 1. The Labute approximate surface area is 168 Å². The minimum absolute atomic E-state index is 0.0303. The van der Waals surface area contributed by atoms with Crippen LogP contribution in [0.25, 0.3) is 11.3 Å². The molecule has 1 aromatic heterocycles. The van der Waals surface area contributed by atoms with Crippen molar-refractivity contribution in [2.45, 2.75) is 6.18 Å². The van der Waals surface area contributed by atoms with Gasteiger partial charge in [-0.1, -0.05) is 23.2 Å². The van der Waals surface area contributed by atoms with Crippen molar-refractivity contribution in [3.8, 4) is 17.0 Å². The smallest absolute Gasteiger partial charge is 0.422 e. The average Bonchev–Trinajstić information content (AvgIpc) is 2.61. The third-order valence-corrected chi connectivity index (χ3v) is 3.96. The van der Waals surface area contributed by atoms with Gasteiger partial charge in [0.2, 0.25) is 5.95 Å². The van der Waals surface area contributed by atoms with Crippen molar-refractivity contribution in [3.63, 3.8) is 0 Å². The summed E-state index contributed by atoms with van der Waals surface area (Å²) in [7, 11) is 0. The van der Waals surface area contributed by atoms with Gasteiger partial charge < -0.3 is 15.8 Å². The summed E-state index contributed by atoms with van der Waals surface area (Å²) in [4.78, 5) is 8.17.